The molecule has 2 atom stereocenters. The number of Topliss-reactive ketones (excluding diaryl/α,β-unsaturated/α-hetero) is 1. The Balaban J connectivity index is 1.69. The molecule has 0 saturated carbocycles. The predicted molar refractivity (Wildman–Crippen MR) is 117 cm³/mol. The Labute approximate surface area is 193 Å². The fraction of sp³-hybridized carbons (Fsp3) is 0.250. The maximum absolute atomic E-state index is 13.4. The standard InChI is InChI=1S/C24H20FN3O6/c1-14-2-11-19-20(12-14)24(32)27(23(19)31)26(13-21(29)15-3-7-17(25)8-4-15)22(30)16-5-9-18(10-6-16)28(33)34/h2-10,19-20H,11-13H2,1H3/t19-,20-/m1/s1. The fourth-order valence-electron chi connectivity index (χ4n) is 4.23. The van der Waals surface area contributed by atoms with Crippen LogP contribution in [0.1, 0.15) is 40.5 Å². The van der Waals surface area contributed by atoms with E-state index < -0.39 is 52.6 Å². The molecule has 1 fully saturated rings. The first-order valence-corrected chi connectivity index (χ1v) is 10.6. The number of nitro groups is 1. The van der Waals surface area contributed by atoms with Crippen molar-refractivity contribution in [2.45, 2.75) is 19.8 Å². The minimum Gasteiger partial charge on any atom is -0.292 e. The first kappa shape index (κ1) is 23.0. The zero-order valence-electron chi connectivity index (χ0n) is 18.1. The van der Waals surface area contributed by atoms with Gasteiger partial charge in [-0.25, -0.2) is 9.40 Å². The molecule has 1 heterocycles. The molecule has 1 saturated heterocycles. The number of carbonyl (C=O) groups excluding carboxylic acids is 4. The second-order valence-corrected chi connectivity index (χ2v) is 8.29. The van der Waals surface area contributed by atoms with Crippen molar-refractivity contribution in [2.75, 3.05) is 6.54 Å². The van der Waals surface area contributed by atoms with Gasteiger partial charge in [0.15, 0.2) is 5.78 Å². The van der Waals surface area contributed by atoms with Gasteiger partial charge in [0.05, 0.1) is 16.8 Å². The predicted octanol–water partition coefficient (Wildman–Crippen LogP) is 3.32. The van der Waals surface area contributed by atoms with Gasteiger partial charge in [0.25, 0.3) is 23.4 Å². The van der Waals surface area contributed by atoms with Crippen molar-refractivity contribution in [3.05, 3.63) is 87.2 Å². The van der Waals surface area contributed by atoms with Crippen LogP contribution in [0.5, 0.6) is 0 Å². The minimum absolute atomic E-state index is 0.0396. The van der Waals surface area contributed by atoms with Gasteiger partial charge in [-0.15, -0.1) is 0 Å². The van der Waals surface area contributed by atoms with Crippen LogP contribution >= 0.6 is 0 Å². The summed E-state index contributed by atoms with van der Waals surface area (Å²) >= 11 is 0. The molecule has 1 aliphatic heterocycles. The maximum Gasteiger partial charge on any atom is 0.273 e. The molecule has 0 unspecified atom stereocenters. The first-order chi connectivity index (χ1) is 16.2. The fourth-order valence-corrected chi connectivity index (χ4v) is 4.23. The molecule has 0 bridgehead atoms. The number of hydrogen-bond acceptors (Lipinski definition) is 6. The molecule has 10 heteroatoms. The van der Waals surface area contributed by atoms with Crippen molar-refractivity contribution in [1.82, 2.24) is 10.0 Å². The van der Waals surface area contributed by atoms with Gasteiger partial charge in [-0.2, -0.15) is 5.01 Å². The number of benzene rings is 2. The third-order valence-electron chi connectivity index (χ3n) is 6.06. The monoisotopic (exact) mass is 465 g/mol. The van der Waals surface area contributed by atoms with E-state index in [2.05, 4.69) is 0 Å². The second-order valence-electron chi connectivity index (χ2n) is 8.29. The van der Waals surface area contributed by atoms with E-state index in [4.69, 9.17) is 0 Å². The number of hydrazine groups is 1. The molecule has 0 spiro atoms. The van der Waals surface area contributed by atoms with E-state index in [-0.39, 0.29) is 16.8 Å². The van der Waals surface area contributed by atoms with Crippen molar-refractivity contribution in [3.8, 4) is 0 Å². The number of carbonyl (C=O) groups is 4. The van der Waals surface area contributed by atoms with Crippen molar-refractivity contribution in [3.63, 3.8) is 0 Å². The Morgan fingerprint density at radius 2 is 1.62 bits per heavy atom. The number of nitro benzene ring substituents is 1. The smallest absolute Gasteiger partial charge is 0.273 e. The highest BCUT2D eigenvalue weighted by Crippen LogP contribution is 2.38. The van der Waals surface area contributed by atoms with E-state index in [1.165, 1.54) is 24.3 Å². The second kappa shape index (κ2) is 8.97. The number of imide groups is 1. The van der Waals surface area contributed by atoms with Gasteiger partial charge in [0.1, 0.15) is 12.4 Å². The lowest BCUT2D eigenvalue weighted by atomic mass is 9.82. The number of fused-ring (bicyclic) bond motifs is 1. The summed E-state index contributed by atoms with van der Waals surface area (Å²) in [6.45, 7) is 1.21. The quantitative estimate of drug-likeness (QED) is 0.212. The molecule has 1 aliphatic carbocycles. The summed E-state index contributed by atoms with van der Waals surface area (Å²) in [4.78, 5) is 63.0. The summed E-state index contributed by atoms with van der Waals surface area (Å²) < 4.78 is 13.3. The Morgan fingerprint density at radius 1 is 1.03 bits per heavy atom. The van der Waals surface area contributed by atoms with Crippen LogP contribution in [0.25, 0.3) is 0 Å². The highest BCUT2D eigenvalue weighted by Gasteiger charge is 2.51. The molecular formula is C24H20FN3O6. The average molecular weight is 465 g/mol. The van der Waals surface area contributed by atoms with Crippen molar-refractivity contribution < 1.29 is 28.5 Å². The number of halogens is 1. The van der Waals surface area contributed by atoms with Crippen LogP contribution in [0.15, 0.2) is 60.2 Å². The molecule has 0 radical (unpaired) electrons. The summed E-state index contributed by atoms with van der Waals surface area (Å²) in [5.41, 5.74) is 0.769. The summed E-state index contributed by atoms with van der Waals surface area (Å²) in [5.74, 6) is -4.43. The molecule has 9 nitrogen and oxygen atoms in total. The van der Waals surface area contributed by atoms with E-state index in [9.17, 15) is 33.7 Å². The molecule has 4 rings (SSSR count). The molecule has 2 aliphatic rings. The van der Waals surface area contributed by atoms with E-state index in [0.29, 0.717) is 12.8 Å². The maximum atomic E-state index is 13.4. The molecule has 174 valence electrons. The van der Waals surface area contributed by atoms with Gasteiger partial charge in [-0.05, 0) is 56.2 Å². The minimum atomic E-state index is -0.838. The first-order valence-electron chi connectivity index (χ1n) is 10.6. The lowest BCUT2D eigenvalue weighted by Crippen LogP contribution is -2.52. The molecular weight excluding hydrogens is 445 g/mol. The number of allylic oxidation sites excluding steroid dienone is 2. The van der Waals surface area contributed by atoms with Crippen LogP contribution in [-0.2, 0) is 9.59 Å². The van der Waals surface area contributed by atoms with Gasteiger partial charge >= 0.3 is 0 Å². The Morgan fingerprint density at radius 3 is 2.24 bits per heavy atom. The van der Waals surface area contributed by atoms with Crippen LogP contribution in [-0.4, -0.2) is 45.0 Å². The number of non-ortho nitro benzene ring substituents is 1. The topological polar surface area (TPSA) is 118 Å². The molecule has 34 heavy (non-hydrogen) atoms. The van der Waals surface area contributed by atoms with E-state index in [1.807, 2.05) is 13.0 Å². The highest BCUT2D eigenvalue weighted by atomic mass is 19.1. The molecule has 2 aromatic carbocycles. The van der Waals surface area contributed by atoms with Crippen LogP contribution < -0.4 is 0 Å². The number of hydrogen-bond donors (Lipinski definition) is 0. The molecule has 2 aromatic rings. The van der Waals surface area contributed by atoms with Gasteiger partial charge in [0, 0.05) is 23.3 Å². The lowest BCUT2D eigenvalue weighted by Gasteiger charge is -2.30. The van der Waals surface area contributed by atoms with Gasteiger partial charge in [-0.3, -0.25) is 29.3 Å². The lowest BCUT2D eigenvalue weighted by molar-refractivity contribution is -0.384. The van der Waals surface area contributed by atoms with Crippen molar-refractivity contribution in [2.24, 2.45) is 11.8 Å². The van der Waals surface area contributed by atoms with Crippen molar-refractivity contribution >= 4 is 29.2 Å². The zero-order valence-corrected chi connectivity index (χ0v) is 18.1. The van der Waals surface area contributed by atoms with Gasteiger partial charge < -0.3 is 0 Å². The van der Waals surface area contributed by atoms with Crippen LogP contribution in [0.2, 0.25) is 0 Å². The molecule has 0 aromatic heterocycles. The van der Waals surface area contributed by atoms with Crippen molar-refractivity contribution in [1.29, 1.82) is 0 Å². The number of ketones is 1. The normalized spacial score (nSPS) is 19.5. The van der Waals surface area contributed by atoms with Gasteiger partial charge in [0.2, 0.25) is 0 Å². The summed E-state index contributed by atoms with van der Waals surface area (Å²) in [6.07, 6.45) is 2.60. The zero-order chi connectivity index (χ0) is 24.6. The number of amides is 3. The third kappa shape index (κ3) is 4.21. The summed E-state index contributed by atoms with van der Waals surface area (Å²) in [6, 6.07) is 9.29. The largest absolute Gasteiger partial charge is 0.292 e. The van der Waals surface area contributed by atoms with E-state index in [1.54, 1.807) is 0 Å². The summed E-state index contributed by atoms with van der Waals surface area (Å²) in [7, 11) is 0. The third-order valence-corrected chi connectivity index (χ3v) is 6.06. The van der Waals surface area contributed by atoms with Gasteiger partial charge in [-0.1, -0.05) is 11.6 Å². The Kier molecular flexibility index (Phi) is 6.06. The molecule has 3 amide bonds. The van der Waals surface area contributed by atoms with E-state index in [0.717, 1.165) is 39.9 Å². The number of rotatable bonds is 6. The Bertz CT molecular complexity index is 1220. The van der Waals surface area contributed by atoms with E-state index >= 15 is 0 Å². The molecule has 0 N–H and O–H groups in total. The SMILES string of the molecule is CC1=CC[C@H]2C(=O)N(N(CC(=O)c3ccc(F)cc3)C(=O)c3ccc([N+](=O)[O-])cc3)C(=O)[C@@H]2C1. The summed E-state index contributed by atoms with van der Waals surface area (Å²) in [5, 5.41) is 12.5. The Hall–Kier alpha value is -4.21. The van der Waals surface area contributed by atoms with Crippen LogP contribution in [0, 0.1) is 27.8 Å². The van der Waals surface area contributed by atoms with Crippen LogP contribution in [0.3, 0.4) is 0 Å². The van der Waals surface area contributed by atoms with Crippen LogP contribution in [0.4, 0.5) is 10.1 Å². The number of nitrogens with zero attached hydrogens (tertiary/aromatic N) is 3. The highest BCUT2D eigenvalue weighted by molar-refractivity contribution is 6.09. The average Bonchev–Trinajstić information content (AvgIpc) is 3.06.